The Bertz CT molecular complexity index is 603. The molecule has 22 heavy (non-hydrogen) atoms. The van der Waals surface area contributed by atoms with Gasteiger partial charge in [0, 0.05) is 9.65 Å². The van der Waals surface area contributed by atoms with Gasteiger partial charge < -0.3 is 0 Å². The average Bonchev–Trinajstić information content (AvgIpc) is 3.13. The number of likely N-dealkylation sites (tertiary alicyclic amines) is 1. The highest BCUT2D eigenvalue weighted by atomic mass is 79.9. The molecule has 5 heteroatoms. The maximum atomic E-state index is 12.9. The fraction of sp³-hybridized carbons (Fsp3) is 0.529. The molecule has 1 saturated heterocycles. The third kappa shape index (κ3) is 1.84. The van der Waals surface area contributed by atoms with Crippen molar-refractivity contribution in [2.24, 2.45) is 23.7 Å². The number of carbonyl (C=O) groups excluding carboxylic acids is 2. The van der Waals surface area contributed by atoms with Crippen LogP contribution in [0.4, 0.5) is 0 Å². The summed E-state index contributed by atoms with van der Waals surface area (Å²) < 4.78 is 0. The number of hydrogen-bond acceptors (Lipinski definition) is 2. The first-order valence-electron chi connectivity index (χ1n) is 7.72. The van der Waals surface area contributed by atoms with Gasteiger partial charge in [0.05, 0.1) is 17.9 Å². The van der Waals surface area contributed by atoms with Crippen molar-refractivity contribution in [1.29, 1.82) is 0 Å². The molecule has 1 heterocycles. The number of imide groups is 1. The van der Waals surface area contributed by atoms with Crippen molar-refractivity contribution in [1.82, 2.24) is 4.90 Å². The Morgan fingerprint density at radius 1 is 1.00 bits per heavy atom. The van der Waals surface area contributed by atoms with Gasteiger partial charge in [-0.15, -0.1) is 0 Å². The Labute approximate surface area is 146 Å². The van der Waals surface area contributed by atoms with Crippen LogP contribution in [0.2, 0.25) is 0 Å². The predicted octanol–water partition coefficient (Wildman–Crippen LogP) is 3.53. The lowest BCUT2D eigenvalue weighted by molar-refractivity contribution is -0.143. The SMILES string of the molecule is C[C@H](c1ccccc1)N1C(=O)[C@H]2[C@@H]3C[C@@H]([C@@H](Br)[C@@H]3Br)[C@@H]2C1=O. The number of halogens is 2. The second-order valence-electron chi connectivity index (χ2n) is 6.64. The summed E-state index contributed by atoms with van der Waals surface area (Å²) >= 11 is 7.44. The van der Waals surface area contributed by atoms with Gasteiger partial charge in [0.25, 0.3) is 0 Å². The molecule has 3 aliphatic rings. The summed E-state index contributed by atoms with van der Waals surface area (Å²) in [4.78, 5) is 28.0. The van der Waals surface area contributed by atoms with Crippen LogP contribution >= 0.6 is 31.9 Å². The number of carbonyl (C=O) groups is 2. The second kappa shape index (κ2) is 5.17. The zero-order chi connectivity index (χ0) is 15.6. The minimum absolute atomic E-state index is 0.0303. The maximum absolute atomic E-state index is 12.9. The van der Waals surface area contributed by atoms with Gasteiger partial charge in [-0.1, -0.05) is 62.2 Å². The number of rotatable bonds is 2. The number of amides is 2. The third-order valence-corrected chi connectivity index (χ3v) is 8.90. The molecule has 0 unspecified atom stereocenters. The van der Waals surface area contributed by atoms with Crippen molar-refractivity contribution in [3.63, 3.8) is 0 Å². The van der Waals surface area contributed by atoms with E-state index in [0.29, 0.717) is 9.65 Å². The van der Waals surface area contributed by atoms with Gasteiger partial charge in [-0.05, 0) is 30.7 Å². The van der Waals surface area contributed by atoms with E-state index in [1.807, 2.05) is 37.3 Å². The molecule has 116 valence electrons. The van der Waals surface area contributed by atoms with Crippen LogP contribution in [-0.2, 0) is 9.59 Å². The lowest BCUT2D eigenvalue weighted by Gasteiger charge is -2.28. The van der Waals surface area contributed by atoms with E-state index >= 15 is 0 Å². The molecule has 2 saturated carbocycles. The summed E-state index contributed by atoms with van der Waals surface area (Å²) in [6, 6.07) is 9.62. The number of hydrogen-bond donors (Lipinski definition) is 0. The van der Waals surface area contributed by atoms with Crippen molar-refractivity contribution in [2.75, 3.05) is 0 Å². The Hall–Kier alpha value is -0.680. The topological polar surface area (TPSA) is 37.4 Å². The van der Waals surface area contributed by atoms with Crippen LogP contribution in [0, 0.1) is 23.7 Å². The molecule has 1 aliphatic heterocycles. The first-order valence-corrected chi connectivity index (χ1v) is 9.55. The van der Waals surface area contributed by atoms with Gasteiger partial charge in [-0.3, -0.25) is 14.5 Å². The normalized spacial score (nSPS) is 41.1. The van der Waals surface area contributed by atoms with Crippen molar-refractivity contribution >= 4 is 43.7 Å². The summed E-state index contributed by atoms with van der Waals surface area (Å²) in [5.74, 6) is 0.377. The minimum atomic E-state index is -0.186. The van der Waals surface area contributed by atoms with E-state index in [2.05, 4.69) is 31.9 Å². The van der Waals surface area contributed by atoms with Crippen LogP contribution in [-0.4, -0.2) is 26.4 Å². The molecular formula is C17H17Br2NO2. The summed E-state index contributed by atoms with van der Waals surface area (Å²) in [5.41, 5.74) is 1.02. The smallest absolute Gasteiger partial charge is 0.233 e. The van der Waals surface area contributed by atoms with Crippen molar-refractivity contribution in [3.8, 4) is 0 Å². The van der Waals surface area contributed by atoms with Gasteiger partial charge >= 0.3 is 0 Å². The van der Waals surface area contributed by atoms with Crippen LogP contribution in [0.15, 0.2) is 30.3 Å². The van der Waals surface area contributed by atoms with E-state index in [-0.39, 0.29) is 41.5 Å². The van der Waals surface area contributed by atoms with Gasteiger partial charge in [0.1, 0.15) is 0 Å². The molecule has 1 aromatic rings. The third-order valence-electron chi connectivity index (χ3n) is 5.69. The van der Waals surface area contributed by atoms with E-state index in [4.69, 9.17) is 0 Å². The number of benzene rings is 1. The fourth-order valence-electron chi connectivity index (χ4n) is 4.63. The fourth-order valence-corrected chi connectivity index (χ4v) is 6.51. The molecule has 0 spiro atoms. The number of alkyl halides is 2. The summed E-state index contributed by atoms with van der Waals surface area (Å²) in [6.45, 7) is 1.95. The van der Waals surface area contributed by atoms with Gasteiger partial charge in [-0.25, -0.2) is 0 Å². The van der Waals surface area contributed by atoms with Crippen LogP contribution in [0.5, 0.6) is 0 Å². The van der Waals surface area contributed by atoms with Gasteiger partial charge in [-0.2, -0.15) is 0 Å². The molecule has 0 N–H and O–H groups in total. The molecule has 4 rings (SSSR count). The van der Waals surface area contributed by atoms with Gasteiger partial charge in [0.15, 0.2) is 0 Å². The molecule has 2 bridgehead atoms. The largest absolute Gasteiger partial charge is 0.275 e. The predicted molar refractivity (Wildman–Crippen MR) is 90.7 cm³/mol. The average molecular weight is 427 g/mol. The molecule has 7 atom stereocenters. The van der Waals surface area contributed by atoms with Crippen LogP contribution in [0.3, 0.4) is 0 Å². The Morgan fingerprint density at radius 2 is 1.50 bits per heavy atom. The highest BCUT2D eigenvalue weighted by Crippen LogP contribution is 2.60. The molecule has 1 aromatic carbocycles. The zero-order valence-corrected chi connectivity index (χ0v) is 15.3. The van der Waals surface area contributed by atoms with Crippen LogP contribution in [0.25, 0.3) is 0 Å². The molecule has 2 amide bonds. The summed E-state index contributed by atoms with van der Waals surface area (Å²) in [7, 11) is 0. The quantitative estimate of drug-likeness (QED) is 0.535. The van der Waals surface area contributed by atoms with Crippen molar-refractivity contribution in [2.45, 2.75) is 29.0 Å². The number of fused-ring (bicyclic) bond motifs is 5. The highest BCUT2D eigenvalue weighted by Gasteiger charge is 2.66. The molecule has 3 nitrogen and oxygen atoms in total. The maximum Gasteiger partial charge on any atom is 0.233 e. The van der Waals surface area contributed by atoms with Crippen LogP contribution in [0.1, 0.15) is 24.9 Å². The second-order valence-corrected chi connectivity index (χ2v) is 8.75. The summed E-state index contributed by atoms with van der Waals surface area (Å²) in [6.07, 6.45) is 0.978. The van der Waals surface area contributed by atoms with E-state index in [9.17, 15) is 9.59 Å². The van der Waals surface area contributed by atoms with Gasteiger partial charge in [0.2, 0.25) is 11.8 Å². The van der Waals surface area contributed by atoms with Crippen molar-refractivity contribution < 1.29 is 9.59 Å². The van der Waals surface area contributed by atoms with E-state index in [1.54, 1.807) is 0 Å². The van der Waals surface area contributed by atoms with E-state index in [0.717, 1.165) is 12.0 Å². The van der Waals surface area contributed by atoms with E-state index in [1.165, 1.54) is 4.90 Å². The minimum Gasteiger partial charge on any atom is -0.275 e. The zero-order valence-electron chi connectivity index (χ0n) is 12.2. The molecule has 0 aromatic heterocycles. The molecule has 3 fully saturated rings. The lowest BCUT2D eigenvalue weighted by Crippen LogP contribution is -2.37. The Kier molecular flexibility index (Phi) is 3.49. The summed E-state index contributed by atoms with van der Waals surface area (Å²) in [5, 5.41) is 0. The molecular weight excluding hydrogens is 410 g/mol. The highest BCUT2D eigenvalue weighted by molar-refractivity contribution is 9.12. The standard InChI is InChI=1S/C17H17Br2NO2/c1-8(9-5-3-2-4-6-9)20-16(21)12-10-7-11(13(12)17(20)22)15(19)14(10)18/h2-6,8,10-15H,7H2,1H3/t8-,10-,11+,12+,13+,14-,15-/m1/s1. The lowest BCUT2D eigenvalue weighted by atomic mass is 9.81. The van der Waals surface area contributed by atoms with Crippen LogP contribution < -0.4 is 0 Å². The molecule has 2 aliphatic carbocycles. The van der Waals surface area contributed by atoms with E-state index < -0.39 is 0 Å². The van der Waals surface area contributed by atoms with Crippen molar-refractivity contribution in [3.05, 3.63) is 35.9 Å². The Morgan fingerprint density at radius 3 is 2.00 bits per heavy atom. The Balaban J connectivity index is 1.67. The molecule has 0 radical (unpaired) electrons. The monoisotopic (exact) mass is 425 g/mol. The number of nitrogens with zero attached hydrogens (tertiary/aromatic N) is 1. The first-order chi connectivity index (χ1) is 10.5. The first kappa shape index (κ1) is 14.9.